The second-order valence-corrected chi connectivity index (χ2v) is 7.93. The minimum Gasteiger partial charge on any atom is -0.471 e. The van der Waals surface area contributed by atoms with Crippen molar-refractivity contribution in [1.82, 2.24) is 0 Å². The maximum atomic E-state index is 6.34. The quantitative estimate of drug-likeness (QED) is 0.546. The fraction of sp³-hybridized carbons (Fsp3) is 0.280. The van der Waals surface area contributed by atoms with Crippen LogP contribution in [-0.4, -0.2) is 12.3 Å². The summed E-state index contributed by atoms with van der Waals surface area (Å²) in [7, 11) is 0. The van der Waals surface area contributed by atoms with Crippen molar-refractivity contribution in [2.45, 2.75) is 45.4 Å². The van der Waals surface area contributed by atoms with E-state index >= 15 is 0 Å². The van der Waals surface area contributed by atoms with Crippen LogP contribution in [0.1, 0.15) is 33.3 Å². The molecule has 2 heteroatoms. The van der Waals surface area contributed by atoms with Crippen LogP contribution in [-0.2, 0) is 5.41 Å². The average Bonchev–Trinajstić information content (AvgIpc) is 2.89. The topological polar surface area (TPSA) is 12.5 Å². The molecule has 2 nitrogen and oxygen atoms in total. The first-order valence-corrected chi connectivity index (χ1v) is 9.68. The highest BCUT2D eigenvalue weighted by Crippen LogP contribution is 2.45. The SMILES string of the molecule is CC(Oc1ccc(-c2ccccc2)cc1)N1c2ccccc2C(C)(C)C1C. The molecule has 0 amide bonds. The molecule has 0 fully saturated rings. The second kappa shape index (κ2) is 6.77. The number of fused-ring (bicyclic) bond motifs is 1. The smallest absolute Gasteiger partial charge is 0.169 e. The van der Waals surface area contributed by atoms with Crippen molar-refractivity contribution in [3.63, 3.8) is 0 Å². The van der Waals surface area contributed by atoms with E-state index in [2.05, 4.69) is 105 Å². The number of anilines is 1. The molecule has 0 bridgehead atoms. The van der Waals surface area contributed by atoms with Crippen molar-refractivity contribution in [3.05, 3.63) is 84.4 Å². The van der Waals surface area contributed by atoms with E-state index in [9.17, 15) is 0 Å². The van der Waals surface area contributed by atoms with Gasteiger partial charge in [0.15, 0.2) is 6.23 Å². The number of hydrogen-bond donors (Lipinski definition) is 0. The van der Waals surface area contributed by atoms with Gasteiger partial charge in [0.25, 0.3) is 0 Å². The van der Waals surface area contributed by atoms with Crippen LogP contribution in [0.3, 0.4) is 0 Å². The van der Waals surface area contributed by atoms with Gasteiger partial charge in [-0.05, 0) is 48.7 Å². The molecule has 0 saturated carbocycles. The first-order valence-electron chi connectivity index (χ1n) is 9.68. The standard InChI is InChI=1S/C25H27NO/c1-18-25(3,4)23-12-8-9-13-24(23)26(18)19(2)27-22-16-14-21(15-17-22)20-10-6-5-7-11-20/h5-19H,1-4H3. The molecule has 2 unspecified atom stereocenters. The lowest BCUT2D eigenvalue weighted by Gasteiger charge is -2.35. The molecule has 0 spiro atoms. The number of rotatable bonds is 4. The molecule has 0 aromatic heterocycles. The first kappa shape index (κ1) is 17.7. The van der Waals surface area contributed by atoms with Crippen molar-refractivity contribution in [2.24, 2.45) is 0 Å². The number of ether oxygens (including phenoxy) is 1. The molecular weight excluding hydrogens is 330 g/mol. The molecule has 3 aromatic rings. The maximum absolute atomic E-state index is 6.34. The van der Waals surface area contributed by atoms with E-state index in [4.69, 9.17) is 4.74 Å². The van der Waals surface area contributed by atoms with Crippen LogP contribution < -0.4 is 9.64 Å². The van der Waals surface area contributed by atoms with Gasteiger partial charge in [-0.3, -0.25) is 0 Å². The van der Waals surface area contributed by atoms with Gasteiger partial charge in [-0.1, -0.05) is 74.5 Å². The Morgan fingerprint density at radius 3 is 2.11 bits per heavy atom. The predicted octanol–water partition coefficient (Wildman–Crippen LogP) is 6.26. The molecule has 2 atom stereocenters. The van der Waals surface area contributed by atoms with E-state index in [1.165, 1.54) is 22.4 Å². The lowest BCUT2D eigenvalue weighted by molar-refractivity contribution is 0.197. The summed E-state index contributed by atoms with van der Waals surface area (Å²) in [5.74, 6) is 0.900. The monoisotopic (exact) mass is 357 g/mol. The molecule has 4 rings (SSSR count). The van der Waals surface area contributed by atoms with Crippen LogP contribution in [0.4, 0.5) is 5.69 Å². The van der Waals surface area contributed by atoms with Crippen molar-refractivity contribution in [3.8, 4) is 16.9 Å². The van der Waals surface area contributed by atoms with Gasteiger partial charge < -0.3 is 9.64 Å². The number of hydrogen-bond acceptors (Lipinski definition) is 2. The van der Waals surface area contributed by atoms with Gasteiger partial charge in [-0.25, -0.2) is 0 Å². The van der Waals surface area contributed by atoms with Crippen LogP contribution in [0.25, 0.3) is 11.1 Å². The summed E-state index contributed by atoms with van der Waals surface area (Å²) in [6.07, 6.45) is -0.0366. The number of para-hydroxylation sites is 1. The molecule has 0 radical (unpaired) electrons. The first-order chi connectivity index (χ1) is 13.0. The minimum absolute atomic E-state index is 0.0366. The largest absolute Gasteiger partial charge is 0.471 e. The molecule has 1 aliphatic rings. The molecule has 0 N–H and O–H groups in total. The maximum Gasteiger partial charge on any atom is 0.169 e. The number of benzene rings is 3. The minimum atomic E-state index is -0.0366. The summed E-state index contributed by atoms with van der Waals surface area (Å²) in [6, 6.07) is 27.9. The van der Waals surface area contributed by atoms with Gasteiger partial charge in [0.05, 0.1) is 0 Å². The fourth-order valence-corrected chi connectivity index (χ4v) is 4.15. The van der Waals surface area contributed by atoms with Gasteiger partial charge in [-0.15, -0.1) is 0 Å². The van der Waals surface area contributed by atoms with Crippen molar-refractivity contribution >= 4 is 5.69 Å². The van der Waals surface area contributed by atoms with Crippen molar-refractivity contribution in [1.29, 1.82) is 0 Å². The molecule has 0 aliphatic carbocycles. The van der Waals surface area contributed by atoms with E-state index in [-0.39, 0.29) is 11.6 Å². The zero-order valence-electron chi connectivity index (χ0n) is 16.5. The van der Waals surface area contributed by atoms with Gasteiger partial charge >= 0.3 is 0 Å². The van der Waals surface area contributed by atoms with E-state index in [0.29, 0.717) is 6.04 Å². The van der Waals surface area contributed by atoms with Gasteiger partial charge in [-0.2, -0.15) is 0 Å². The molecular formula is C25H27NO. The third-order valence-corrected chi connectivity index (χ3v) is 6.00. The Hall–Kier alpha value is -2.74. The van der Waals surface area contributed by atoms with Gasteiger partial charge in [0.1, 0.15) is 5.75 Å². The normalized spacial score (nSPS) is 18.8. The van der Waals surface area contributed by atoms with Crippen LogP contribution in [0.15, 0.2) is 78.9 Å². The predicted molar refractivity (Wildman–Crippen MR) is 113 cm³/mol. The molecule has 1 aliphatic heterocycles. The lowest BCUT2D eigenvalue weighted by Crippen LogP contribution is -2.46. The lowest BCUT2D eigenvalue weighted by atomic mass is 9.81. The highest BCUT2D eigenvalue weighted by molar-refractivity contribution is 5.65. The van der Waals surface area contributed by atoms with Crippen molar-refractivity contribution in [2.75, 3.05) is 4.90 Å². The van der Waals surface area contributed by atoms with Crippen LogP contribution in [0.5, 0.6) is 5.75 Å². The molecule has 3 aromatic carbocycles. The summed E-state index contributed by atoms with van der Waals surface area (Å²) in [5, 5.41) is 0. The van der Waals surface area contributed by atoms with Crippen LogP contribution >= 0.6 is 0 Å². The Kier molecular flexibility index (Phi) is 4.43. The third kappa shape index (κ3) is 3.10. The summed E-state index contributed by atoms with van der Waals surface area (Å²) in [6.45, 7) is 9.06. The summed E-state index contributed by atoms with van der Waals surface area (Å²) < 4.78 is 6.34. The summed E-state index contributed by atoms with van der Waals surface area (Å²) in [4.78, 5) is 2.40. The average molecular weight is 357 g/mol. The second-order valence-electron chi connectivity index (χ2n) is 7.93. The van der Waals surface area contributed by atoms with Crippen LogP contribution in [0.2, 0.25) is 0 Å². The Morgan fingerprint density at radius 2 is 1.41 bits per heavy atom. The van der Waals surface area contributed by atoms with E-state index in [0.717, 1.165) is 5.75 Å². The van der Waals surface area contributed by atoms with E-state index in [1.54, 1.807) is 0 Å². The van der Waals surface area contributed by atoms with E-state index < -0.39 is 0 Å². The summed E-state index contributed by atoms with van der Waals surface area (Å²) in [5.41, 5.74) is 5.21. The zero-order valence-corrected chi connectivity index (χ0v) is 16.5. The van der Waals surface area contributed by atoms with Crippen LogP contribution in [0, 0.1) is 0 Å². The molecule has 1 heterocycles. The van der Waals surface area contributed by atoms with Crippen molar-refractivity contribution < 1.29 is 4.74 Å². The highest BCUT2D eigenvalue weighted by atomic mass is 16.5. The highest BCUT2D eigenvalue weighted by Gasteiger charge is 2.43. The summed E-state index contributed by atoms with van der Waals surface area (Å²) >= 11 is 0. The zero-order chi connectivity index (χ0) is 19.0. The Balaban J connectivity index is 1.55. The Bertz CT molecular complexity index is 915. The fourth-order valence-electron chi connectivity index (χ4n) is 4.15. The number of nitrogens with zero attached hydrogens (tertiary/aromatic N) is 1. The molecule has 0 saturated heterocycles. The van der Waals surface area contributed by atoms with Gasteiger partial charge in [0.2, 0.25) is 0 Å². The third-order valence-electron chi connectivity index (χ3n) is 6.00. The Morgan fingerprint density at radius 1 is 0.815 bits per heavy atom. The van der Waals surface area contributed by atoms with E-state index in [1.807, 2.05) is 6.07 Å². The Labute approximate surface area is 162 Å². The molecule has 27 heavy (non-hydrogen) atoms. The molecule has 138 valence electrons. The van der Waals surface area contributed by atoms with Gasteiger partial charge in [0, 0.05) is 17.1 Å².